The Kier molecular flexibility index (Phi) is 4.92. The fraction of sp³-hybridized carbons (Fsp3) is 0.238. The van der Waals surface area contributed by atoms with Gasteiger partial charge in [0.25, 0.3) is 5.91 Å². The Bertz CT molecular complexity index is 1050. The average molecular weight is 395 g/mol. The number of rotatable bonds is 5. The second-order valence-electron chi connectivity index (χ2n) is 6.75. The van der Waals surface area contributed by atoms with Gasteiger partial charge < -0.3 is 20.1 Å². The molecule has 4 rings (SSSR count). The molecule has 2 aromatic carbocycles. The highest BCUT2D eigenvalue weighted by Gasteiger charge is 2.17. The number of aromatic nitrogens is 1. The lowest BCUT2D eigenvalue weighted by atomic mass is 10.1. The Morgan fingerprint density at radius 1 is 1.11 bits per heavy atom. The van der Waals surface area contributed by atoms with Crippen LogP contribution in [-0.4, -0.2) is 17.7 Å². The number of anilines is 2. The summed E-state index contributed by atoms with van der Waals surface area (Å²) in [6, 6.07) is 11.8. The predicted molar refractivity (Wildman–Crippen MR) is 110 cm³/mol. The Hall–Kier alpha value is -3.06. The summed E-state index contributed by atoms with van der Waals surface area (Å²) >= 11 is 1.35. The fourth-order valence-electron chi connectivity index (χ4n) is 3.04. The summed E-state index contributed by atoms with van der Waals surface area (Å²) in [7, 11) is 0. The molecule has 0 saturated heterocycles. The van der Waals surface area contributed by atoms with Crippen LogP contribution in [0.3, 0.4) is 0 Å². The number of amides is 1. The predicted octanol–water partition coefficient (Wildman–Crippen LogP) is 4.47. The van der Waals surface area contributed by atoms with E-state index in [0.717, 1.165) is 22.6 Å². The van der Waals surface area contributed by atoms with Crippen molar-refractivity contribution in [2.75, 3.05) is 12.1 Å². The monoisotopic (exact) mass is 395 g/mol. The number of carbonyl (C=O) groups is 1. The van der Waals surface area contributed by atoms with Gasteiger partial charge in [-0.15, -0.1) is 0 Å². The first-order valence-corrected chi connectivity index (χ1v) is 9.79. The zero-order valence-electron chi connectivity index (χ0n) is 16.0. The van der Waals surface area contributed by atoms with Gasteiger partial charge in [0.1, 0.15) is 4.88 Å². The molecule has 0 saturated carbocycles. The number of nitrogens with one attached hydrogen (secondary N) is 2. The second-order valence-corrected chi connectivity index (χ2v) is 7.75. The first kappa shape index (κ1) is 18.3. The maximum Gasteiger partial charge on any atom is 0.263 e. The van der Waals surface area contributed by atoms with E-state index in [9.17, 15) is 4.79 Å². The minimum atomic E-state index is -0.138. The summed E-state index contributed by atoms with van der Waals surface area (Å²) in [4.78, 5) is 17.7. The molecule has 1 aromatic heterocycles. The number of carbonyl (C=O) groups excluding carboxylic acids is 1. The van der Waals surface area contributed by atoms with E-state index in [1.165, 1.54) is 16.9 Å². The van der Waals surface area contributed by atoms with Gasteiger partial charge in [0, 0.05) is 12.2 Å². The smallest absolute Gasteiger partial charge is 0.263 e. The minimum absolute atomic E-state index is 0.138. The Morgan fingerprint density at radius 2 is 1.93 bits per heavy atom. The third-order valence-corrected chi connectivity index (χ3v) is 5.59. The van der Waals surface area contributed by atoms with Gasteiger partial charge in [0.2, 0.25) is 6.79 Å². The zero-order chi connectivity index (χ0) is 19.7. The van der Waals surface area contributed by atoms with Gasteiger partial charge >= 0.3 is 0 Å². The molecule has 0 aliphatic carbocycles. The molecule has 1 aliphatic heterocycles. The van der Waals surface area contributed by atoms with Crippen LogP contribution < -0.4 is 20.1 Å². The standard InChI is InChI=1S/C21H21N3O3S/c1-12-4-6-16(13(2)8-12)24-21-23-14(3)19(28-21)20(25)22-10-15-5-7-17-18(9-15)27-11-26-17/h4-9H,10-11H2,1-3H3,(H,22,25)(H,23,24). The molecule has 0 fully saturated rings. The van der Waals surface area contributed by atoms with E-state index >= 15 is 0 Å². The summed E-state index contributed by atoms with van der Waals surface area (Å²) in [5, 5.41) is 6.97. The summed E-state index contributed by atoms with van der Waals surface area (Å²) in [6.45, 7) is 6.61. The maximum absolute atomic E-state index is 12.6. The van der Waals surface area contributed by atoms with Crippen molar-refractivity contribution in [1.29, 1.82) is 0 Å². The molecule has 0 unspecified atom stereocenters. The summed E-state index contributed by atoms with van der Waals surface area (Å²) < 4.78 is 10.7. The quantitative estimate of drug-likeness (QED) is 0.667. The SMILES string of the molecule is Cc1ccc(Nc2nc(C)c(C(=O)NCc3ccc4c(c3)OCO4)s2)c(C)c1. The summed E-state index contributed by atoms with van der Waals surface area (Å²) in [6.07, 6.45) is 0. The molecule has 0 spiro atoms. The van der Waals surface area contributed by atoms with Crippen molar-refractivity contribution >= 4 is 28.1 Å². The van der Waals surface area contributed by atoms with Crippen molar-refractivity contribution in [2.45, 2.75) is 27.3 Å². The Balaban J connectivity index is 1.43. The van der Waals surface area contributed by atoms with Crippen molar-refractivity contribution in [2.24, 2.45) is 0 Å². The number of aryl methyl sites for hydroxylation is 3. The maximum atomic E-state index is 12.6. The molecule has 0 atom stereocenters. The van der Waals surface area contributed by atoms with E-state index in [-0.39, 0.29) is 12.7 Å². The molecule has 2 heterocycles. The van der Waals surface area contributed by atoms with E-state index < -0.39 is 0 Å². The van der Waals surface area contributed by atoms with Crippen LogP contribution in [0.5, 0.6) is 11.5 Å². The van der Waals surface area contributed by atoms with Gasteiger partial charge in [0.05, 0.1) is 5.69 Å². The van der Waals surface area contributed by atoms with Crippen LogP contribution >= 0.6 is 11.3 Å². The first-order chi connectivity index (χ1) is 13.5. The van der Waals surface area contributed by atoms with Crippen LogP contribution in [0.15, 0.2) is 36.4 Å². The Morgan fingerprint density at radius 3 is 2.75 bits per heavy atom. The second kappa shape index (κ2) is 7.52. The molecule has 0 bridgehead atoms. The van der Waals surface area contributed by atoms with Crippen LogP contribution in [0, 0.1) is 20.8 Å². The highest BCUT2D eigenvalue weighted by molar-refractivity contribution is 7.17. The van der Waals surface area contributed by atoms with E-state index in [4.69, 9.17) is 9.47 Å². The van der Waals surface area contributed by atoms with Gasteiger partial charge in [-0.2, -0.15) is 0 Å². The molecule has 3 aromatic rings. The number of nitrogens with zero attached hydrogens (tertiary/aromatic N) is 1. The van der Waals surface area contributed by atoms with E-state index in [0.29, 0.717) is 28.0 Å². The van der Waals surface area contributed by atoms with Gasteiger partial charge in [-0.1, -0.05) is 35.1 Å². The van der Waals surface area contributed by atoms with E-state index in [1.54, 1.807) is 0 Å². The van der Waals surface area contributed by atoms with Crippen molar-refractivity contribution in [1.82, 2.24) is 10.3 Å². The molecule has 7 heteroatoms. The molecule has 6 nitrogen and oxygen atoms in total. The molecule has 1 aliphatic rings. The lowest BCUT2D eigenvalue weighted by Gasteiger charge is -2.07. The normalized spacial score (nSPS) is 12.1. The summed E-state index contributed by atoms with van der Waals surface area (Å²) in [5.41, 5.74) is 5.00. The molecule has 0 radical (unpaired) electrons. The van der Waals surface area contributed by atoms with Crippen LogP contribution in [0.2, 0.25) is 0 Å². The van der Waals surface area contributed by atoms with Crippen molar-refractivity contribution in [3.05, 3.63) is 63.7 Å². The number of benzene rings is 2. The number of ether oxygens (including phenoxy) is 2. The van der Waals surface area contributed by atoms with Gasteiger partial charge in [0.15, 0.2) is 16.6 Å². The van der Waals surface area contributed by atoms with Crippen LogP contribution in [0.4, 0.5) is 10.8 Å². The topological polar surface area (TPSA) is 72.5 Å². The fourth-order valence-corrected chi connectivity index (χ4v) is 3.94. The number of thiazole rings is 1. The highest BCUT2D eigenvalue weighted by atomic mass is 32.1. The van der Waals surface area contributed by atoms with Crippen LogP contribution in [0.1, 0.15) is 32.1 Å². The van der Waals surface area contributed by atoms with E-state index in [2.05, 4.69) is 41.6 Å². The minimum Gasteiger partial charge on any atom is -0.454 e. The van der Waals surface area contributed by atoms with Crippen molar-refractivity contribution in [3.63, 3.8) is 0 Å². The van der Waals surface area contributed by atoms with Gasteiger partial charge in [-0.3, -0.25) is 4.79 Å². The zero-order valence-corrected chi connectivity index (χ0v) is 16.8. The molecule has 1 amide bonds. The van der Waals surface area contributed by atoms with Gasteiger partial charge in [-0.05, 0) is 50.1 Å². The lowest BCUT2D eigenvalue weighted by molar-refractivity contribution is 0.0954. The first-order valence-electron chi connectivity index (χ1n) is 8.98. The Labute approximate surface area is 167 Å². The van der Waals surface area contributed by atoms with Gasteiger partial charge in [-0.25, -0.2) is 4.98 Å². The lowest BCUT2D eigenvalue weighted by Crippen LogP contribution is -2.22. The largest absolute Gasteiger partial charge is 0.454 e. The number of hydrogen-bond acceptors (Lipinski definition) is 6. The molecule has 144 valence electrons. The molecular weight excluding hydrogens is 374 g/mol. The van der Waals surface area contributed by atoms with Crippen LogP contribution in [-0.2, 0) is 6.54 Å². The van der Waals surface area contributed by atoms with E-state index in [1.807, 2.05) is 31.2 Å². The van der Waals surface area contributed by atoms with Crippen molar-refractivity contribution < 1.29 is 14.3 Å². The molecule has 2 N–H and O–H groups in total. The third kappa shape index (κ3) is 3.80. The molecule has 28 heavy (non-hydrogen) atoms. The third-order valence-electron chi connectivity index (χ3n) is 4.52. The average Bonchev–Trinajstić information content (AvgIpc) is 3.28. The van der Waals surface area contributed by atoms with Crippen LogP contribution in [0.25, 0.3) is 0 Å². The highest BCUT2D eigenvalue weighted by Crippen LogP contribution is 2.32. The number of fused-ring (bicyclic) bond motifs is 1. The summed E-state index contributed by atoms with van der Waals surface area (Å²) in [5.74, 6) is 1.30. The number of hydrogen-bond donors (Lipinski definition) is 2. The molecular formula is C21H21N3O3S. The van der Waals surface area contributed by atoms with Crippen molar-refractivity contribution in [3.8, 4) is 11.5 Å².